The summed E-state index contributed by atoms with van der Waals surface area (Å²) in [5.74, 6) is 0.917. The minimum Gasteiger partial charge on any atom is -0.379 e. The van der Waals surface area contributed by atoms with Gasteiger partial charge >= 0.3 is 0 Å². The number of unbranched alkanes of at least 4 members (excludes halogenated alkanes) is 1. The smallest absolute Gasteiger partial charge is 0.191 e. The molecule has 158 valence electrons. The van der Waals surface area contributed by atoms with Gasteiger partial charge < -0.3 is 20.3 Å². The molecule has 1 atom stereocenters. The second kappa shape index (κ2) is 12.9. The highest BCUT2D eigenvalue weighted by atomic mass is 127. The van der Waals surface area contributed by atoms with Crippen molar-refractivity contribution in [1.29, 1.82) is 0 Å². The number of ether oxygens (including phenoxy) is 1. The largest absolute Gasteiger partial charge is 0.379 e. The summed E-state index contributed by atoms with van der Waals surface area (Å²) in [5, 5.41) is 7.05. The van der Waals surface area contributed by atoms with Crippen LogP contribution in [0, 0.1) is 0 Å². The van der Waals surface area contributed by atoms with E-state index in [1.54, 1.807) is 0 Å². The van der Waals surface area contributed by atoms with E-state index in [4.69, 9.17) is 4.74 Å². The fourth-order valence-electron chi connectivity index (χ4n) is 3.69. The van der Waals surface area contributed by atoms with Crippen LogP contribution in [0.1, 0.15) is 19.3 Å². The third kappa shape index (κ3) is 7.35. The van der Waals surface area contributed by atoms with E-state index in [1.165, 1.54) is 18.7 Å². The summed E-state index contributed by atoms with van der Waals surface area (Å²) in [6.45, 7) is 8.11. The minimum atomic E-state index is 0. The van der Waals surface area contributed by atoms with Crippen LogP contribution in [0.3, 0.4) is 0 Å². The molecule has 2 aliphatic heterocycles. The molecule has 8 heteroatoms. The summed E-state index contributed by atoms with van der Waals surface area (Å²) in [6.07, 6.45) is 3.49. The number of morpholine rings is 1. The van der Waals surface area contributed by atoms with Gasteiger partial charge in [-0.05, 0) is 53.9 Å². The maximum absolute atomic E-state index is 5.39. The number of aliphatic imine (C=N–C) groups is 1. The quantitative estimate of drug-likeness (QED) is 0.230. The Labute approximate surface area is 194 Å². The molecule has 6 nitrogen and oxygen atoms in total. The first-order valence-corrected chi connectivity index (χ1v) is 10.8. The number of hydrogen-bond acceptors (Lipinski definition) is 4. The van der Waals surface area contributed by atoms with Crippen molar-refractivity contribution in [2.45, 2.75) is 25.3 Å². The van der Waals surface area contributed by atoms with Gasteiger partial charge in [-0.2, -0.15) is 0 Å². The van der Waals surface area contributed by atoms with Crippen LogP contribution in [0.15, 0.2) is 33.7 Å². The second-order valence-electron chi connectivity index (χ2n) is 7.19. The van der Waals surface area contributed by atoms with Crippen LogP contribution in [0.5, 0.6) is 0 Å². The van der Waals surface area contributed by atoms with Gasteiger partial charge in [0.15, 0.2) is 5.96 Å². The van der Waals surface area contributed by atoms with Gasteiger partial charge in [0.2, 0.25) is 0 Å². The van der Waals surface area contributed by atoms with Gasteiger partial charge in [0, 0.05) is 50.3 Å². The van der Waals surface area contributed by atoms with Gasteiger partial charge in [-0.3, -0.25) is 9.89 Å². The lowest BCUT2D eigenvalue weighted by molar-refractivity contribution is 0.0372. The van der Waals surface area contributed by atoms with Crippen molar-refractivity contribution in [3.05, 3.63) is 28.7 Å². The zero-order valence-electron chi connectivity index (χ0n) is 16.7. The van der Waals surface area contributed by atoms with Crippen molar-refractivity contribution in [3.63, 3.8) is 0 Å². The molecule has 0 bridgehead atoms. The average Bonchev–Trinajstić information content (AvgIpc) is 3.16. The first-order chi connectivity index (χ1) is 13.3. The van der Waals surface area contributed by atoms with E-state index >= 15 is 0 Å². The Morgan fingerprint density at radius 3 is 2.75 bits per heavy atom. The molecule has 28 heavy (non-hydrogen) atoms. The predicted octanol–water partition coefficient (Wildman–Crippen LogP) is 2.92. The Kier molecular flexibility index (Phi) is 10.9. The number of halogens is 2. The number of benzene rings is 1. The zero-order valence-corrected chi connectivity index (χ0v) is 20.6. The molecule has 1 unspecified atom stereocenters. The standard InChI is InChI=1S/C20H32BrN5O.HI/c1-22-20(23-9-4-5-10-25-12-14-27-15-13-25)24-17-8-11-26(16-17)19-7-3-2-6-18(19)21;/h2-3,6-7,17H,4-5,8-16H2,1H3,(H2,22,23,24);1H. The molecule has 0 radical (unpaired) electrons. The lowest BCUT2D eigenvalue weighted by Gasteiger charge is -2.26. The highest BCUT2D eigenvalue weighted by Crippen LogP contribution is 2.28. The molecular formula is C20H33BrIN5O. The number of para-hydroxylation sites is 1. The molecule has 2 fully saturated rings. The highest BCUT2D eigenvalue weighted by molar-refractivity contribution is 14.0. The summed E-state index contributed by atoms with van der Waals surface area (Å²) >= 11 is 3.66. The Morgan fingerprint density at radius 2 is 2.00 bits per heavy atom. The second-order valence-corrected chi connectivity index (χ2v) is 8.04. The van der Waals surface area contributed by atoms with E-state index in [9.17, 15) is 0 Å². The third-order valence-corrected chi connectivity index (χ3v) is 5.91. The van der Waals surface area contributed by atoms with Gasteiger partial charge in [0.1, 0.15) is 0 Å². The molecule has 2 N–H and O–H groups in total. The SMILES string of the molecule is CN=C(NCCCCN1CCOCC1)NC1CCN(c2ccccc2Br)C1.I. The Morgan fingerprint density at radius 1 is 1.21 bits per heavy atom. The van der Waals surface area contributed by atoms with Gasteiger partial charge in [0.25, 0.3) is 0 Å². The zero-order chi connectivity index (χ0) is 18.9. The van der Waals surface area contributed by atoms with Crippen molar-refractivity contribution in [2.75, 3.05) is 64.4 Å². The summed E-state index contributed by atoms with van der Waals surface area (Å²) in [6, 6.07) is 8.86. The highest BCUT2D eigenvalue weighted by Gasteiger charge is 2.24. The predicted molar refractivity (Wildman–Crippen MR) is 131 cm³/mol. The topological polar surface area (TPSA) is 52.1 Å². The summed E-state index contributed by atoms with van der Waals surface area (Å²) in [7, 11) is 1.85. The maximum Gasteiger partial charge on any atom is 0.191 e. The van der Waals surface area contributed by atoms with E-state index in [1.807, 2.05) is 7.05 Å². The molecule has 0 aliphatic carbocycles. The molecule has 0 spiro atoms. The molecule has 3 rings (SSSR count). The molecule has 2 saturated heterocycles. The molecule has 0 amide bonds. The van der Waals surface area contributed by atoms with Crippen molar-refractivity contribution in [3.8, 4) is 0 Å². The van der Waals surface area contributed by atoms with E-state index in [0.29, 0.717) is 6.04 Å². The maximum atomic E-state index is 5.39. The number of nitrogens with zero attached hydrogens (tertiary/aromatic N) is 3. The first kappa shape index (κ1) is 23.7. The van der Waals surface area contributed by atoms with Crippen LogP contribution in [0.4, 0.5) is 5.69 Å². The monoisotopic (exact) mass is 565 g/mol. The minimum absolute atomic E-state index is 0. The fourth-order valence-corrected chi connectivity index (χ4v) is 4.22. The summed E-state index contributed by atoms with van der Waals surface area (Å²) in [4.78, 5) is 9.31. The number of nitrogens with one attached hydrogen (secondary N) is 2. The van der Waals surface area contributed by atoms with Crippen LogP contribution >= 0.6 is 39.9 Å². The number of rotatable bonds is 7. The van der Waals surface area contributed by atoms with Gasteiger partial charge in [-0.25, -0.2) is 0 Å². The van der Waals surface area contributed by atoms with Crippen molar-refractivity contribution >= 4 is 51.6 Å². The van der Waals surface area contributed by atoms with Crippen LogP contribution in [0.2, 0.25) is 0 Å². The number of anilines is 1. The summed E-state index contributed by atoms with van der Waals surface area (Å²) < 4.78 is 6.56. The van der Waals surface area contributed by atoms with Crippen LogP contribution in [-0.2, 0) is 4.74 Å². The molecule has 2 aliphatic rings. The first-order valence-electron chi connectivity index (χ1n) is 10.0. The molecule has 2 heterocycles. The van der Waals surface area contributed by atoms with Gasteiger partial charge in [-0.15, -0.1) is 24.0 Å². The van der Waals surface area contributed by atoms with E-state index in [2.05, 4.69) is 65.6 Å². The van der Waals surface area contributed by atoms with Crippen molar-refractivity contribution in [1.82, 2.24) is 15.5 Å². The lowest BCUT2D eigenvalue weighted by Crippen LogP contribution is -2.45. The Hall–Kier alpha value is -0.580. The molecule has 0 saturated carbocycles. The van der Waals surface area contributed by atoms with E-state index < -0.39 is 0 Å². The van der Waals surface area contributed by atoms with Crippen LogP contribution in [0.25, 0.3) is 0 Å². The van der Waals surface area contributed by atoms with E-state index in [0.717, 1.165) is 69.2 Å². The molecule has 1 aromatic rings. The summed E-state index contributed by atoms with van der Waals surface area (Å²) in [5.41, 5.74) is 1.27. The van der Waals surface area contributed by atoms with Gasteiger partial charge in [-0.1, -0.05) is 12.1 Å². The molecular weight excluding hydrogens is 533 g/mol. The van der Waals surface area contributed by atoms with Crippen molar-refractivity contribution < 1.29 is 4.74 Å². The molecule has 1 aromatic carbocycles. The third-order valence-electron chi connectivity index (χ3n) is 5.24. The number of guanidine groups is 1. The Balaban J connectivity index is 0.00000280. The van der Waals surface area contributed by atoms with Crippen LogP contribution < -0.4 is 15.5 Å². The van der Waals surface area contributed by atoms with Crippen molar-refractivity contribution in [2.24, 2.45) is 4.99 Å². The molecule has 0 aromatic heterocycles. The lowest BCUT2D eigenvalue weighted by atomic mass is 10.2. The average molecular weight is 566 g/mol. The Bertz CT molecular complexity index is 612. The fraction of sp³-hybridized carbons (Fsp3) is 0.650. The van der Waals surface area contributed by atoms with Crippen LogP contribution in [-0.4, -0.2) is 76.4 Å². The van der Waals surface area contributed by atoms with E-state index in [-0.39, 0.29) is 24.0 Å². The normalized spacial score (nSPS) is 20.7. The number of hydrogen-bond donors (Lipinski definition) is 2. The van der Waals surface area contributed by atoms with Gasteiger partial charge in [0.05, 0.1) is 18.9 Å².